The van der Waals surface area contributed by atoms with E-state index in [4.69, 9.17) is 5.73 Å². The molecule has 1 aromatic carbocycles. The maximum absolute atomic E-state index is 6.05. The quantitative estimate of drug-likeness (QED) is 0.822. The molecule has 1 atom stereocenters. The highest BCUT2D eigenvalue weighted by molar-refractivity contribution is 9.10. The number of aliphatic imine (C=N–C) groups is 1. The molecule has 1 aliphatic heterocycles. The summed E-state index contributed by atoms with van der Waals surface area (Å²) in [5.74, 6) is 0.577. The maximum atomic E-state index is 6.05. The van der Waals surface area contributed by atoms with Crippen molar-refractivity contribution in [3.8, 4) is 0 Å². The van der Waals surface area contributed by atoms with Crippen LogP contribution in [-0.4, -0.2) is 12.5 Å². The standard InChI is InChI=1S/C13H11Br2N3S/c14-8-2-1-3-10(4-8)18-11(6-17-13(18)16)12-5-9(15)7-19-12/h1-5,7,11H,6H2,(H2,16,17). The van der Waals surface area contributed by atoms with E-state index in [-0.39, 0.29) is 6.04 Å². The summed E-state index contributed by atoms with van der Waals surface area (Å²) in [7, 11) is 0. The van der Waals surface area contributed by atoms with Gasteiger partial charge in [0.05, 0.1) is 12.6 Å². The van der Waals surface area contributed by atoms with Crippen LogP contribution in [-0.2, 0) is 0 Å². The average molecular weight is 401 g/mol. The van der Waals surface area contributed by atoms with Crippen LogP contribution in [0, 0.1) is 0 Å². The van der Waals surface area contributed by atoms with Crippen LogP contribution in [0.5, 0.6) is 0 Å². The normalized spacial score (nSPS) is 18.7. The number of nitrogens with two attached hydrogens (primary N) is 1. The molecule has 3 nitrogen and oxygen atoms in total. The van der Waals surface area contributed by atoms with Gasteiger partial charge < -0.3 is 10.6 Å². The lowest BCUT2D eigenvalue weighted by Gasteiger charge is -2.25. The van der Waals surface area contributed by atoms with E-state index in [2.05, 4.69) is 59.3 Å². The highest BCUT2D eigenvalue weighted by Crippen LogP contribution is 2.36. The minimum atomic E-state index is 0.186. The Morgan fingerprint density at radius 1 is 1.26 bits per heavy atom. The van der Waals surface area contributed by atoms with Crippen LogP contribution in [0.3, 0.4) is 0 Å². The number of rotatable bonds is 2. The van der Waals surface area contributed by atoms with Gasteiger partial charge in [-0.1, -0.05) is 22.0 Å². The number of benzene rings is 1. The molecule has 2 aromatic rings. The largest absolute Gasteiger partial charge is 0.369 e. The van der Waals surface area contributed by atoms with Gasteiger partial charge in [-0.25, -0.2) is 0 Å². The van der Waals surface area contributed by atoms with Crippen molar-refractivity contribution in [1.29, 1.82) is 0 Å². The Morgan fingerprint density at radius 2 is 2.11 bits per heavy atom. The van der Waals surface area contributed by atoms with E-state index in [9.17, 15) is 0 Å². The fourth-order valence-corrected chi connectivity index (χ4v) is 4.07. The number of nitrogens with zero attached hydrogens (tertiary/aromatic N) is 2. The predicted molar refractivity (Wildman–Crippen MR) is 87.9 cm³/mol. The molecular weight excluding hydrogens is 390 g/mol. The lowest BCUT2D eigenvalue weighted by molar-refractivity contribution is 0.784. The molecule has 19 heavy (non-hydrogen) atoms. The summed E-state index contributed by atoms with van der Waals surface area (Å²) in [6.45, 7) is 0.700. The molecule has 1 unspecified atom stereocenters. The molecule has 0 saturated heterocycles. The second kappa shape index (κ2) is 5.26. The molecule has 0 spiro atoms. The van der Waals surface area contributed by atoms with E-state index in [0.717, 1.165) is 14.6 Å². The zero-order valence-electron chi connectivity index (χ0n) is 9.88. The molecule has 0 aliphatic carbocycles. The number of guanidine groups is 1. The Hall–Kier alpha value is -0.850. The Labute approximate surface area is 132 Å². The summed E-state index contributed by atoms with van der Waals surface area (Å²) in [5.41, 5.74) is 7.11. The number of hydrogen-bond donors (Lipinski definition) is 1. The van der Waals surface area contributed by atoms with Crippen LogP contribution >= 0.6 is 43.2 Å². The number of thiophene rings is 1. The van der Waals surface area contributed by atoms with Gasteiger partial charge in [0.2, 0.25) is 0 Å². The first-order valence-corrected chi connectivity index (χ1v) is 8.20. The molecule has 0 saturated carbocycles. The van der Waals surface area contributed by atoms with E-state index in [0.29, 0.717) is 12.5 Å². The van der Waals surface area contributed by atoms with Crippen molar-refractivity contribution < 1.29 is 0 Å². The molecule has 1 aliphatic rings. The molecular formula is C13H11Br2N3S. The highest BCUT2D eigenvalue weighted by atomic mass is 79.9. The van der Waals surface area contributed by atoms with Gasteiger partial charge >= 0.3 is 0 Å². The first-order chi connectivity index (χ1) is 9.15. The molecule has 2 heterocycles. The Bertz CT molecular complexity index is 638. The first kappa shape index (κ1) is 13.1. The third-order valence-electron chi connectivity index (χ3n) is 2.99. The van der Waals surface area contributed by atoms with Crippen LogP contribution < -0.4 is 10.6 Å². The molecule has 6 heteroatoms. The molecule has 3 rings (SSSR count). The molecule has 98 valence electrons. The summed E-state index contributed by atoms with van der Waals surface area (Å²) in [6, 6.07) is 10.4. The van der Waals surface area contributed by atoms with E-state index < -0.39 is 0 Å². The predicted octanol–water partition coefficient (Wildman–Crippen LogP) is 4.15. The molecule has 1 aromatic heterocycles. The van der Waals surface area contributed by atoms with Gasteiger partial charge in [0.1, 0.15) is 0 Å². The van der Waals surface area contributed by atoms with Crippen molar-refractivity contribution in [2.75, 3.05) is 11.4 Å². The van der Waals surface area contributed by atoms with Crippen LogP contribution in [0.15, 0.2) is 49.6 Å². The third-order valence-corrected chi connectivity index (χ3v) is 5.28. The topological polar surface area (TPSA) is 41.6 Å². The van der Waals surface area contributed by atoms with E-state index in [1.165, 1.54) is 4.88 Å². The zero-order valence-corrected chi connectivity index (χ0v) is 13.9. The smallest absolute Gasteiger partial charge is 0.196 e. The molecule has 0 fully saturated rings. The van der Waals surface area contributed by atoms with Crippen LogP contribution in [0.4, 0.5) is 5.69 Å². The summed E-state index contributed by atoms with van der Waals surface area (Å²) in [4.78, 5) is 7.73. The molecule has 0 bridgehead atoms. The third kappa shape index (κ3) is 2.57. The summed E-state index contributed by atoms with van der Waals surface area (Å²) in [5, 5.41) is 2.09. The summed E-state index contributed by atoms with van der Waals surface area (Å²) >= 11 is 8.72. The van der Waals surface area contributed by atoms with E-state index in [1.807, 2.05) is 18.2 Å². The molecule has 2 N–H and O–H groups in total. The zero-order chi connectivity index (χ0) is 13.4. The second-order valence-electron chi connectivity index (χ2n) is 4.23. The van der Waals surface area contributed by atoms with Crippen molar-refractivity contribution in [2.24, 2.45) is 10.7 Å². The van der Waals surface area contributed by atoms with E-state index in [1.54, 1.807) is 11.3 Å². The van der Waals surface area contributed by atoms with Gasteiger partial charge in [-0.15, -0.1) is 11.3 Å². The van der Waals surface area contributed by atoms with Crippen molar-refractivity contribution in [2.45, 2.75) is 6.04 Å². The lowest BCUT2D eigenvalue weighted by Crippen LogP contribution is -2.35. The fraction of sp³-hybridized carbons (Fsp3) is 0.154. The van der Waals surface area contributed by atoms with Gasteiger partial charge in [0, 0.05) is 24.9 Å². The summed E-state index contributed by atoms with van der Waals surface area (Å²) in [6.07, 6.45) is 0. The van der Waals surface area contributed by atoms with E-state index >= 15 is 0 Å². The average Bonchev–Trinajstić information content (AvgIpc) is 2.95. The maximum Gasteiger partial charge on any atom is 0.196 e. The molecule has 0 radical (unpaired) electrons. The summed E-state index contributed by atoms with van der Waals surface area (Å²) < 4.78 is 2.14. The fourth-order valence-electron chi connectivity index (χ4n) is 2.16. The van der Waals surface area contributed by atoms with Crippen molar-refractivity contribution >= 4 is 54.8 Å². The van der Waals surface area contributed by atoms with Gasteiger partial charge in [0.25, 0.3) is 0 Å². The van der Waals surface area contributed by atoms with Crippen molar-refractivity contribution in [3.63, 3.8) is 0 Å². The number of halogens is 2. The minimum Gasteiger partial charge on any atom is -0.369 e. The Kier molecular flexibility index (Phi) is 3.64. The van der Waals surface area contributed by atoms with Crippen molar-refractivity contribution in [1.82, 2.24) is 0 Å². The minimum absolute atomic E-state index is 0.186. The van der Waals surface area contributed by atoms with Gasteiger partial charge in [-0.2, -0.15) is 0 Å². The van der Waals surface area contributed by atoms with Gasteiger partial charge in [0.15, 0.2) is 5.96 Å². The lowest BCUT2D eigenvalue weighted by atomic mass is 10.2. The monoisotopic (exact) mass is 399 g/mol. The van der Waals surface area contributed by atoms with Crippen molar-refractivity contribution in [3.05, 3.63) is 49.5 Å². The Morgan fingerprint density at radius 3 is 2.79 bits per heavy atom. The Balaban J connectivity index is 1.99. The highest BCUT2D eigenvalue weighted by Gasteiger charge is 2.29. The number of anilines is 1. The van der Waals surface area contributed by atoms with Crippen LogP contribution in [0.25, 0.3) is 0 Å². The van der Waals surface area contributed by atoms with Crippen LogP contribution in [0.1, 0.15) is 10.9 Å². The van der Waals surface area contributed by atoms with Crippen LogP contribution in [0.2, 0.25) is 0 Å². The van der Waals surface area contributed by atoms with Gasteiger partial charge in [-0.05, 0) is 40.2 Å². The van der Waals surface area contributed by atoms with Gasteiger partial charge in [-0.3, -0.25) is 4.99 Å². The molecule has 0 amide bonds. The SMILES string of the molecule is NC1=NCC(c2cc(Br)cs2)N1c1cccc(Br)c1. The first-order valence-electron chi connectivity index (χ1n) is 5.74. The number of hydrogen-bond acceptors (Lipinski definition) is 4. The second-order valence-corrected chi connectivity index (χ2v) is 7.01.